The van der Waals surface area contributed by atoms with Crippen LogP contribution in [0.3, 0.4) is 0 Å². The second-order valence-electron chi connectivity index (χ2n) is 2.77. The Morgan fingerprint density at radius 2 is 2.27 bits per heavy atom. The Morgan fingerprint density at radius 3 is 2.87 bits per heavy atom. The third-order valence-corrected chi connectivity index (χ3v) is 2.68. The summed E-state index contributed by atoms with van der Waals surface area (Å²) in [7, 11) is 0. The third kappa shape index (κ3) is 2.94. The largest absolute Gasteiger partial charge is 0.373 e. The third-order valence-electron chi connectivity index (χ3n) is 1.90. The van der Waals surface area contributed by atoms with Gasteiger partial charge in [-0.25, -0.2) is 0 Å². The molecule has 1 aromatic carbocycles. The Morgan fingerprint density at radius 1 is 1.47 bits per heavy atom. The minimum Gasteiger partial charge on any atom is -0.373 e. The van der Waals surface area contributed by atoms with Crippen LogP contribution >= 0.6 is 11.8 Å². The van der Waals surface area contributed by atoms with Gasteiger partial charge >= 0.3 is 0 Å². The van der Waals surface area contributed by atoms with Crippen LogP contribution in [0.15, 0.2) is 23.1 Å². The summed E-state index contributed by atoms with van der Waals surface area (Å²) in [6, 6.07) is 7.99. The lowest BCUT2D eigenvalue weighted by Gasteiger charge is -2.07. The molecule has 0 aliphatic carbocycles. The van der Waals surface area contributed by atoms with Gasteiger partial charge in [-0.3, -0.25) is 0 Å². The Balaban J connectivity index is 2.95. The highest BCUT2D eigenvalue weighted by Crippen LogP contribution is 2.25. The van der Waals surface area contributed by atoms with Crippen molar-refractivity contribution in [1.29, 1.82) is 5.26 Å². The normalized spacial score (nSPS) is 8.60. The summed E-state index contributed by atoms with van der Waals surface area (Å²) in [6.07, 6.45) is 1.96. The van der Waals surface area contributed by atoms with Gasteiger partial charge in [0.1, 0.15) is 6.07 Å². The van der Waals surface area contributed by atoms with E-state index in [4.69, 9.17) is 5.26 Å². The first-order valence-electron chi connectivity index (χ1n) is 4.54. The van der Waals surface area contributed by atoms with Crippen LogP contribution in [0.4, 0.5) is 5.69 Å². The van der Waals surface area contributed by atoms with Crippen molar-refractivity contribution in [3.05, 3.63) is 23.8 Å². The maximum Gasteiger partial charge on any atom is 0.102 e. The van der Waals surface area contributed by atoms with E-state index in [0.29, 0.717) is 12.1 Å². The number of hydrogen-bond donors (Lipinski definition) is 1. The summed E-state index contributed by atoms with van der Waals surface area (Å²) in [4.78, 5) is 0.993. The number of nitriles is 1. The molecule has 1 rings (SSSR count). The first kappa shape index (κ1) is 11.5. The minimum atomic E-state index is 0.572. The second kappa shape index (κ2) is 6.01. The maximum atomic E-state index is 9.05. The van der Waals surface area contributed by atoms with Crippen molar-refractivity contribution >= 4 is 17.4 Å². The molecule has 0 bridgehead atoms. The molecule has 0 heterocycles. The Bertz CT molecular complexity index is 435. The molecule has 0 saturated heterocycles. The number of thioether (sulfide) groups is 1. The smallest absolute Gasteiger partial charge is 0.102 e. The van der Waals surface area contributed by atoms with E-state index in [-0.39, 0.29) is 0 Å². The van der Waals surface area contributed by atoms with Gasteiger partial charge in [0, 0.05) is 4.90 Å². The van der Waals surface area contributed by atoms with E-state index < -0.39 is 0 Å². The van der Waals surface area contributed by atoms with E-state index in [9.17, 15) is 0 Å². The molecule has 15 heavy (non-hydrogen) atoms. The zero-order valence-electron chi connectivity index (χ0n) is 8.79. The molecule has 1 N–H and O–H groups in total. The molecule has 0 aromatic heterocycles. The fourth-order valence-corrected chi connectivity index (χ4v) is 1.77. The van der Waals surface area contributed by atoms with E-state index >= 15 is 0 Å². The molecule has 1 aromatic rings. The van der Waals surface area contributed by atoms with Gasteiger partial charge in [0.25, 0.3) is 0 Å². The predicted molar refractivity (Wildman–Crippen MR) is 64.9 cm³/mol. The zero-order chi connectivity index (χ0) is 11.1. The van der Waals surface area contributed by atoms with Gasteiger partial charge in [-0.1, -0.05) is 12.0 Å². The highest BCUT2D eigenvalue weighted by molar-refractivity contribution is 7.98. The first-order chi connectivity index (χ1) is 7.33. The number of anilines is 1. The van der Waals surface area contributed by atoms with Gasteiger partial charge in [-0.2, -0.15) is 5.26 Å². The highest BCUT2D eigenvalue weighted by Gasteiger charge is 2.05. The summed E-state index contributed by atoms with van der Waals surface area (Å²) >= 11 is 1.57. The zero-order valence-corrected chi connectivity index (χ0v) is 9.61. The van der Waals surface area contributed by atoms with Crippen LogP contribution in [0.2, 0.25) is 0 Å². The highest BCUT2D eigenvalue weighted by atomic mass is 32.2. The molecule has 76 valence electrons. The topological polar surface area (TPSA) is 35.8 Å². The van der Waals surface area contributed by atoms with Gasteiger partial charge in [0.05, 0.1) is 17.8 Å². The van der Waals surface area contributed by atoms with Crippen molar-refractivity contribution in [2.75, 3.05) is 18.1 Å². The monoisotopic (exact) mass is 216 g/mol. The van der Waals surface area contributed by atoms with Crippen LogP contribution in [0.5, 0.6) is 0 Å². The van der Waals surface area contributed by atoms with Crippen LogP contribution in [-0.2, 0) is 0 Å². The first-order valence-corrected chi connectivity index (χ1v) is 5.76. The molecule has 0 saturated carbocycles. The lowest BCUT2D eigenvalue weighted by atomic mass is 10.2. The fraction of sp³-hybridized carbons (Fsp3) is 0.250. The van der Waals surface area contributed by atoms with Gasteiger partial charge in [0.2, 0.25) is 0 Å². The molecule has 2 nitrogen and oxygen atoms in total. The molecule has 0 aliphatic heterocycles. The molecule has 0 unspecified atom stereocenters. The molecule has 0 fully saturated rings. The summed E-state index contributed by atoms with van der Waals surface area (Å²) in [5.41, 5.74) is 1.55. The standard InChI is InChI=1S/C12H12N2S/c1-3-4-8-14-11-6-5-7-12(15-2)10(11)9-13/h5-7,14H,8H2,1-2H3. The lowest BCUT2D eigenvalue weighted by Crippen LogP contribution is -2.01. The summed E-state index contributed by atoms with van der Waals surface area (Å²) in [5, 5.41) is 12.2. The van der Waals surface area contributed by atoms with Crippen molar-refractivity contribution < 1.29 is 0 Å². The molecule has 0 atom stereocenters. The van der Waals surface area contributed by atoms with Crippen molar-refractivity contribution in [3.8, 4) is 17.9 Å². The molecule has 0 aliphatic rings. The quantitative estimate of drug-likeness (QED) is 0.623. The summed E-state index contributed by atoms with van der Waals surface area (Å²) in [5.74, 6) is 5.71. The Hall–Kier alpha value is -1.58. The molecule has 0 amide bonds. The van der Waals surface area contributed by atoms with Crippen LogP contribution in [-0.4, -0.2) is 12.8 Å². The molecule has 3 heteroatoms. The Labute approximate surface area is 94.7 Å². The molecular weight excluding hydrogens is 204 g/mol. The van der Waals surface area contributed by atoms with Gasteiger partial charge in [-0.05, 0) is 25.3 Å². The van der Waals surface area contributed by atoms with Crippen molar-refractivity contribution in [2.45, 2.75) is 11.8 Å². The van der Waals surface area contributed by atoms with E-state index in [1.165, 1.54) is 0 Å². The lowest BCUT2D eigenvalue weighted by molar-refractivity contribution is 1.30. The van der Waals surface area contributed by atoms with Gasteiger partial charge in [-0.15, -0.1) is 17.7 Å². The van der Waals surface area contributed by atoms with E-state index in [0.717, 1.165) is 10.6 Å². The number of hydrogen-bond acceptors (Lipinski definition) is 3. The van der Waals surface area contributed by atoms with E-state index in [1.54, 1.807) is 18.7 Å². The second-order valence-corrected chi connectivity index (χ2v) is 3.62. The van der Waals surface area contributed by atoms with Crippen molar-refractivity contribution in [2.24, 2.45) is 0 Å². The SMILES string of the molecule is CC#CCNc1cccc(SC)c1C#N. The molecule has 0 spiro atoms. The van der Waals surface area contributed by atoms with Crippen LogP contribution in [0.25, 0.3) is 0 Å². The number of rotatable bonds is 3. The molecular formula is C12H12N2S. The van der Waals surface area contributed by atoms with Crippen LogP contribution < -0.4 is 5.32 Å². The summed E-state index contributed by atoms with van der Waals surface area (Å²) in [6.45, 7) is 2.37. The van der Waals surface area contributed by atoms with E-state index in [1.807, 2.05) is 24.5 Å². The van der Waals surface area contributed by atoms with Crippen molar-refractivity contribution in [3.63, 3.8) is 0 Å². The average Bonchev–Trinajstić information content (AvgIpc) is 2.29. The van der Waals surface area contributed by atoms with Gasteiger partial charge in [0.15, 0.2) is 0 Å². The van der Waals surface area contributed by atoms with Gasteiger partial charge < -0.3 is 5.32 Å². The predicted octanol–water partition coefficient (Wildman–Crippen LogP) is 2.72. The van der Waals surface area contributed by atoms with Crippen LogP contribution in [0, 0.1) is 23.2 Å². The number of nitrogens with zero attached hydrogens (tertiary/aromatic N) is 1. The number of benzene rings is 1. The average molecular weight is 216 g/mol. The van der Waals surface area contributed by atoms with Crippen molar-refractivity contribution in [1.82, 2.24) is 0 Å². The number of nitrogens with one attached hydrogen (secondary N) is 1. The summed E-state index contributed by atoms with van der Waals surface area (Å²) < 4.78 is 0. The van der Waals surface area contributed by atoms with E-state index in [2.05, 4.69) is 23.2 Å². The minimum absolute atomic E-state index is 0.572. The fourth-order valence-electron chi connectivity index (χ4n) is 1.19. The Kier molecular flexibility index (Phi) is 4.60. The van der Waals surface area contributed by atoms with Crippen LogP contribution in [0.1, 0.15) is 12.5 Å². The maximum absolute atomic E-state index is 9.05. The molecule has 0 radical (unpaired) electrons.